The van der Waals surface area contributed by atoms with Crippen molar-refractivity contribution in [1.29, 1.82) is 0 Å². The van der Waals surface area contributed by atoms with Gasteiger partial charge in [0, 0.05) is 37.3 Å². The Morgan fingerprint density at radius 1 is 0.416 bits per heavy atom. The molecule has 0 spiro atoms. The van der Waals surface area contributed by atoms with E-state index in [1.54, 1.807) is 0 Å². The van der Waals surface area contributed by atoms with Crippen LogP contribution in [0.2, 0.25) is 0 Å². The molecule has 0 rings (SSSR count). The van der Waals surface area contributed by atoms with Gasteiger partial charge in [-0.2, -0.15) is 11.8 Å². The Kier molecular flexibility index (Phi) is 55.4. The zero-order valence-corrected chi connectivity index (χ0v) is 55.6. The third-order valence-electron chi connectivity index (χ3n) is 15.4. The number of carbonyl (C=O) groups is 9. The molecule has 6 amide bonds. The largest absolute Gasteiger partial charge is 0.480 e. The minimum Gasteiger partial charge on any atom is -0.480 e. The van der Waals surface area contributed by atoms with Gasteiger partial charge in [-0.05, 0) is 129 Å². The molecule has 0 aliphatic heterocycles. The molecule has 0 bridgehead atoms. The van der Waals surface area contributed by atoms with Crippen molar-refractivity contribution in [3.05, 3.63) is 0 Å². The zero-order chi connectivity index (χ0) is 66.1. The number of unbranched alkanes of at least 4 members (excludes halogenated alkanes) is 23. The van der Waals surface area contributed by atoms with Gasteiger partial charge in [0.25, 0.3) is 0 Å². The molecule has 0 saturated heterocycles. The van der Waals surface area contributed by atoms with E-state index in [0.29, 0.717) is 96.8 Å². The summed E-state index contributed by atoms with van der Waals surface area (Å²) in [5, 5.41) is 36.1. The van der Waals surface area contributed by atoms with Gasteiger partial charge in [-0.3, -0.25) is 38.4 Å². The molecule has 0 heterocycles. The molecule has 518 valence electrons. The number of aliphatic carboxylic acids is 1. The number of aliphatic hydroxyl groups is 1. The molecule has 18 N–H and O–H groups in total. The number of carboxylic acids is 1. The molecule has 0 fully saturated rings. The highest BCUT2D eigenvalue weighted by Crippen LogP contribution is 2.16. The Morgan fingerprint density at radius 3 is 1.19 bits per heavy atom. The van der Waals surface area contributed by atoms with Crippen LogP contribution in [0.3, 0.4) is 0 Å². The molecule has 0 unspecified atom stereocenters. The Morgan fingerprint density at radius 2 is 0.775 bits per heavy atom. The number of rotatable bonds is 62. The summed E-state index contributed by atoms with van der Waals surface area (Å²) in [5.74, 6) is -5.90. The van der Waals surface area contributed by atoms with Gasteiger partial charge in [-0.15, -0.1) is 0 Å². The van der Waals surface area contributed by atoms with Crippen molar-refractivity contribution in [1.82, 2.24) is 31.9 Å². The highest BCUT2D eigenvalue weighted by atomic mass is 32.2. The van der Waals surface area contributed by atoms with E-state index in [9.17, 15) is 53.4 Å². The summed E-state index contributed by atoms with van der Waals surface area (Å²) in [5.41, 5.74) is 29.1. The van der Waals surface area contributed by atoms with E-state index in [2.05, 4.69) is 45.7 Å². The number of ether oxygens (including phenoxy) is 2. The van der Waals surface area contributed by atoms with Crippen molar-refractivity contribution in [3.63, 3.8) is 0 Å². The van der Waals surface area contributed by atoms with E-state index < -0.39 is 96.4 Å². The van der Waals surface area contributed by atoms with Gasteiger partial charge in [-0.1, -0.05) is 129 Å². The predicted molar refractivity (Wildman–Crippen MR) is 352 cm³/mol. The average Bonchev–Trinajstić information content (AvgIpc) is 3.57. The maximum atomic E-state index is 14.1. The molecule has 25 heteroatoms. The molecule has 0 aromatic rings. The summed E-state index contributed by atoms with van der Waals surface area (Å²) in [7, 11) is 0. The van der Waals surface area contributed by atoms with E-state index in [4.69, 9.17) is 38.1 Å². The standard InChI is InChI=1S/C64H123N11O13S/c1-3-5-7-9-10-11-12-13-14-15-16-18-22-38-57(78)87-46-49(88-58(79)39-23-19-20-32-44-70-56(77)37-21-17-8-6-4-2)47-89-48-50(69)59(80)75-55(45-76)63(84)73-52(34-25-29-41-66)61(82)71-51(33-24-28-40-65)60(81)72-53(35-26-30-42-67)62(83)74-54(64(85)86)36-27-31-43-68/h49-55,76H,3-48,65-69H2,1-2H3,(H,70,77)(H,71,82)(H,72,81)(H,73,84)(H,74,83)(H,75,80)(H,85,86)/t49-,50+,51+,52+,53+,54+,55+/m1/s1. The van der Waals surface area contributed by atoms with Crippen molar-refractivity contribution >= 4 is 65.1 Å². The van der Waals surface area contributed by atoms with E-state index in [-0.39, 0.29) is 69.1 Å². The maximum Gasteiger partial charge on any atom is 0.326 e. The monoisotopic (exact) mass is 1290 g/mol. The summed E-state index contributed by atoms with van der Waals surface area (Å²) in [4.78, 5) is 119. The molecular weight excluding hydrogens is 1160 g/mol. The summed E-state index contributed by atoms with van der Waals surface area (Å²) in [6.45, 7) is 5.12. The lowest BCUT2D eigenvalue weighted by atomic mass is 10.0. The highest BCUT2D eigenvalue weighted by Gasteiger charge is 2.33. The van der Waals surface area contributed by atoms with Crippen molar-refractivity contribution in [2.45, 2.75) is 294 Å². The van der Waals surface area contributed by atoms with Crippen LogP contribution in [-0.4, -0.2) is 163 Å². The van der Waals surface area contributed by atoms with Crippen molar-refractivity contribution in [2.75, 3.05) is 57.4 Å². The lowest BCUT2D eigenvalue weighted by Crippen LogP contribution is -2.59. The van der Waals surface area contributed by atoms with Crippen LogP contribution in [0.4, 0.5) is 0 Å². The lowest BCUT2D eigenvalue weighted by Gasteiger charge is -2.27. The second-order valence-corrected chi connectivity index (χ2v) is 24.6. The fraction of sp³-hybridized carbons (Fsp3) is 0.859. The average molecular weight is 1290 g/mol. The second-order valence-electron chi connectivity index (χ2n) is 23.6. The topological polar surface area (TPSA) is 415 Å². The van der Waals surface area contributed by atoms with Gasteiger partial charge in [0.2, 0.25) is 35.4 Å². The minimum absolute atomic E-state index is 0.0237. The zero-order valence-electron chi connectivity index (χ0n) is 54.7. The number of nitrogens with one attached hydrogen (secondary N) is 6. The quantitative estimate of drug-likeness (QED) is 0.0267. The van der Waals surface area contributed by atoms with Crippen LogP contribution in [0.5, 0.6) is 0 Å². The van der Waals surface area contributed by atoms with E-state index >= 15 is 0 Å². The maximum absolute atomic E-state index is 14.1. The van der Waals surface area contributed by atoms with Crippen LogP contribution in [0.25, 0.3) is 0 Å². The third-order valence-corrected chi connectivity index (χ3v) is 16.6. The number of carbonyl (C=O) groups excluding carboxylic acids is 8. The van der Waals surface area contributed by atoms with Crippen LogP contribution in [-0.2, 0) is 52.6 Å². The Balaban J connectivity index is 5.84. The van der Waals surface area contributed by atoms with Gasteiger partial charge in [-0.25, -0.2) is 4.79 Å². The Hall–Kier alpha value is -4.66. The number of thioether (sulfide) groups is 1. The van der Waals surface area contributed by atoms with Crippen LogP contribution in [0, 0.1) is 0 Å². The van der Waals surface area contributed by atoms with Crippen molar-refractivity contribution in [2.24, 2.45) is 28.7 Å². The lowest BCUT2D eigenvalue weighted by molar-refractivity contribution is -0.157. The molecular formula is C64H123N11O13S. The molecule has 7 atom stereocenters. The van der Waals surface area contributed by atoms with Crippen LogP contribution in [0.1, 0.15) is 251 Å². The van der Waals surface area contributed by atoms with E-state index in [0.717, 1.165) is 64.2 Å². The second kappa shape index (κ2) is 58.4. The molecule has 0 aromatic heterocycles. The summed E-state index contributed by atoms with van der Waals surface area (Å²) in [6, 6.07) is -7.69. The first-order valence-corrected chi connectivity index (χ1v) is 35.3. The number of hydrogen-bond donors (Lipinski definition) is 13. The molecule has 0 radical (unpaired) electrons. The molecule has 24 nitrogen and oxygen atoms in total. The SMILES string of the molecule is CCCCCCCCCCCCCCCC(=O)OC[C@H](CSC[C@H](N)C(=O)N[C@@H](CO)C(=O)N[C@@H](CCCCN)C(=O)N[C@@H](CCCCN)C(=O)N[C@@H](CCCCN)C(=O)N[C@@H](CCCCN)C(=O)O)OC(=O)CCCCCCNC(=O)CCCCCCC. The van der Waals surface area contributed by atoms with Crippen molar-refractivity contribution in [3.8, 4) is 0 Å². The van der Waals surface area contributed by atoms with E-state index in [1.807, 2.05) is 0 Å². The first kappa shape index (κ1) is 84.3. The van der Waals surface area contributed by atoms with Gasteiger partial charge in [0.1, 0.15) is 42.9 Å². The van der Waals surface area contributed by atoms with E-state index in [1.165, 1.54) is 76.0 Å². The first-order valence-electron chi connectivity index (χ1n) is 34.1. The number of hydrogen-bond acceptors (Lipinski definition) is 18. The fourth-order valence-corrected chi connectivity index (χ4v) is 10.8. The number of esters is 2. The first-order chi connectivity index (χ1) is 43.0. The van der Waals surface area contributed by atoms with Crippen LogP contribution >= 0.6 is 11.8 Å². The number of amides is 6. The van der Waals surface area contributed by atoms with Gasteiger partial charge in [0.15, 0.2) is 0 Å². The molecule has 89 heavy (non-hydrogen) atoms. The van der Waals surface area contributed by atoms with Gasteiger partial charge in [0.05, 0.1) is 12.6 Å². The van der Waals surface area contributed by atoms with Crippen LogP contribution < -0.4 is 60.6 Å². The summed E-state index contributed by atoms with van der Waals surface area (Å²) < 4.78 is 11.4. The Labute approximate surface area is 537 Å². The molecule has 0 aromatic carbocycles. The minimum atomic E-state index is -1.56. The van der Waals surface area contributed by atoms with Crippen LogP contribution in [0.15, 0.2) is 0 Å². The van der Waals surface area contributed by atoms with Gasteiger partial charge >= 0.3 is 17.9 Å². The highest BCUT2D eigenvalue weighted by molar-refractivity contribution is 7.99. The number of aliphatic hydroxyl groups excluding tert-OH is 1. The molecule has 0 aliphatic carbocycles. The fourth-order valence-electron chi connectivity index (χ4n) is 9.86. The number of carboxylic acid groups (broad SMARTS) is 1. The summed E-state index contributed by atoms with van der Waals surface area (Å²) >= 11 is 1.17. The smallest absolute Gasteiger partial charge is 0.326 e. The molecule has 0 aliphatic rings. The Bertz CT molecular complexity index is 1900. The third kappa shape index (κ3) is 47.0. The van der Waals surface area contributed by atoms with Gasteiger partial charge < -0.3 is 80.3 Å². The molecule has 0 saturated carbocycles. The van der Waals surface area contributed by atoms with Crippen molar-refractivity contribution < 1.29 is 62.8 Å². The summed E-state index contributed by atoms with van der Waals surface area (Å²) in [6.07, 6.45) is 27.7. The number of nitrogens with two attached hydrogens (primary N) is 5. The predicted octanol–water partition coefficient (Wildman–Crippen LogP) is 5.43. The normalized spacial score (nSPS) is 13.6.